The number of ketones is 1. The standard InChI is InChI=1S/C28H22N4O2/c29-18-24(28(34)30-16-15-19-9-3-1-4-10-19)27(33)25-23-17-20-11-7-8-14-22(20)26(23)32(31-25)21-12-5-2-6-13-21/h1-14,24H,15-17H2,(H,30,34). The fourth-order valence-corrected chi connectivity index (χ4v) is 4.39. The van der Waals surface area contributed by atoms with Crippen LogP contribution in [-0.2, 0) is 17.6 Å². The normalized spacial score (nSPS) is 12.3. The summed E-state index contributed by atoms with van der Waals surface area (Å²) in [5.74, 6) is -2.62. The first-order chi connectivity index (χ1) is 16.7. The van der Waals surface area contributed by atoms with Gasteiger partial charge in [-0.05, 0) is 29.7 Å². The second-order valence-electron chi connectivity index (χ2n) is 8.21. The summed E-state index contributed by atoms with van der Waals surface area (Å²) < 4.78 is 1.75. The number of fused-ring (bicyclic) bond motifs is 3. The van der Waals surface area contributed by atoms with Crippen LogP contribution in [0.4, 0.5) is 0 Å². The molecule has 6 heteroatoms. The van der Waals surface area contributed by atoms with Crippen LogP contribution in [0.1, 0.15) is 27.2 Å². The highest BCUT2D eigenvalue weighted by molar-refractivity contribution is 6.12. The molecule has 0 radical (unpaired) electrons. The lowest BCUT2D eigenvalue weighted by molar-refractivity contribution is -0.122. The van der Waals surface area contributed by atoms with Crippen molar-refractivity contribution in [2.45, 2.75) is 12.8 Å². The Labute approximate surface area is 197 Å². The molecule has 3 aromatic carbocycles. The van der Waals surface area contributed by atoms with E-state index in [-0.39, 0.29) is 5.69 Å². The molecular formula is C28H22N4O2. The van der Waals surface area contributed by atoms with Crippen molar-refractivity contribution in [2.75, 3.05) is 6.54 Å². The average Bonchev–Trinajstić information content (AvgIpc) is 3.43. The van der Waals surface area contributed by atoms with E-state index in [0.717, 1.165) is 33.6 Å². The number of rotatable bonds is 7. The topological polar surface area (TPSA) is 87.8 Å². The maximum atomic E-state index is 13.4. The number of benzene rings is 3. The molecule has 1 atom stereocenters. The van der Waals surface area contributed by atoms with Gasteiger partial charge in [0.1, 0.15) is 5.69 Å². The van der Waals surface area contributed by atoms with Gasteiger partial charge in [-0.1, -0.05) is 72.8 Å². The van der Waals surface area contributed by atoms with Crippen molar-refractivity contribution in [3.05, 3.63) is 107 Å². The van der Waals surface area contributed by atoms with Crippen LogP contribution in [0, 0.1) is 17.2 Å². The summed E-state index contributed by atoms with van der Waals surface area (Å²) in [5, 5.41) is 17.1. The van der Waals surface area contributed by atoms with Gasteiger partial charge in [0.05, 0.1) is 17.5 Å². The zero-order valence-electron chi connectivity index (χ0n) is 18.4. The van der Waals surface area contributed by atoms with Gasteiger partial charge < -0.3 is 5.32 Å². The van der Waals surface area contributed by atoms with Crippen molar-refractivity contribution in [1.82, 2.24) is 15.1 Å². The molecule has 0 spiro atoms. The van der Waals surface area contributed by atoms with Crippen LogP contribution >= 0.6 is 0 Å². The molecule has 0 bridgehead atoms. The minimum absolute atomic E-state index is 0.180. The van der Waals surface area contributed by atoms with E-state index in [1.165, 1.54) is 0 Å². The van der Waals surface area contributed by atoms with Gasteiger partial charge in [0.15, 0.2) is 5.92 Å². The summed E-state index contributed by atoms with van der Waals surface area (Å²) in [4.78, 5) is 26.2. The number of hydrogen-bond donors (Lipinski definition) is 1. The number of aromatic nitrogens is 2. The smallest absolute Gasteiger partial charge is 0.245 e. The maximum absolute atomic E-state index is 13.4. The lowest BCUT2D eigenvalue weighted by atomic mass is 9.98. The molecule has 0 aliphatic heterocycles. The third kappa shape index (κ3) is 3.89. The third-order valence-corrected chi connectivity index (χ3v) is 6.07. The Balaban J connectivity index is 1.44. The Morgan fingerprint density at radius 2 is 1.65 bits per heavy atom. The molecule has 34 heavy (non-hydrogen) atoms. The lowest BCUT2D eigenvalue weighted by Crippen LogP contribution is -2.36. The molecule has 6 nitrogen and oxygen atoms in total. The molecule has 1 unspecified atom stereocenters. The number of hydrogen-bond acceptors (Lipinski definition) is 4. The number of nitrogens with zero attached hydrogens (tertiary/aromatic N) is 3. The molecule has 5 rings (SSSR count). The minimum Gasteiger partial charge on any atom is -0.354 e. The highest BCUT2D eigenvalue weighted by Gasteiger charge is 2.36. The number of Topliss-reactive ketones (excluding diaryl/α,β-unsaturated/α-hetero) is 1. The van der Waals surface area contributed by atoms with Crippen LogP contribution in [0.5, 0.6) is 0 Å². The van der Waals surface area contributed by atoms with E-state index in [0.29, 0.717) is 19.4 Å². The molecule has 0 fully saturated rings. The van der Waals surface area contributed by atoms with Crippen LogP contribution in [0.25, 0.3) is 16.9 Å². The lowest BCUT2D eigenvalue weighted by Gasteiger charge is -2.10. The van der Waals surface area contributed by atoms with Gasteiger partial charge in [-0.15, -0.1) is 0 Å². The molecule has 1 amide bonds. The van der Waals surface area contributed by atoms with Crippen LogP contribution < -0.4 is 5.32 Å². The Kier molecular flexibility index (Phi) is 5.75. The molecule has 0 saturated heterocycles. The van der Waals surface area contributed by atoms with Crippen LogP contribution in [0.3, 0.4) is 0 Å². The van der Waals surface area contributed by atoms with Crippen molar-refractivity contribution in [2.24, 2.45) is 5.92 Å². The summed E-state index contributed by atoms with van der Waals surface area (Å²) in [6.45, 7) is 0.344. The summed E-state index contributed by atoms with van der Waals surface area (Å²) in [6, 6.07) is 29.1. The molecule has 1 heterocycles. The average molecular weight is 447 g/mol. The van der Waals surface area contributed by atoms with E-state index in [2.05, 4.69) is 10.4 Å². The van der Waals surface area contributed by atoms with Gasteiger partial charge in [-0.2, -0.15) is 10.4 Å². The maximum Gasteiger partial charge on any atom is 0.245 e. The zero-order valence-corrected chi connectivity index (χ0v) is 18.4. The van der Waals surface area contributed by atoms with Crippen LogP contribution in [0.2, 0.25) is 0 Å². The van der Waals surface area contributed by atoms with Gasteiger partial charge in [-0.25, -0.2) is 4.68 Å². The number of nitriles is 1. The molecule has 1 aliphatic rings. The molecule has 4 aromatic rings. The van der Waals surface area contributed by atoms with Gasteiger partial charge in [0.25, 0.3) is 0 Å². The SMILES string of the molecule is N#CC(C(=O)NCCc1ccccc1)C(=O)c1nn(-c2ccccc2)c2c1Cc1ccccc1-2. The fraction of sp³-hybridized carbons (Fsp3) is 0.143. The summed E-state index contributed by atoms with van der Waals surface area (Å²) in [7, 11) is 0. The number of carbonyl (C=O) groups is 2. The molecule has 1 aliphatic carbocycles. The Morgan fingerprint density at radius 3 is 2.38 bits per heavy atom. The highest BCUT2D eigenvalue weighted by Crippen LogP contribution is 2.40. The monoisotopic (exact) mass is 446 g/mol. The van der Waals surface area contributed by atoms with E-state index in [1.807, 2.05) is 91.0 Å². The molecule has 0 saturated carbocycles. The van der Waals surface area contributed by atoms with Crippen molar-refractivity contribution >= 4 is 11.7 Å². The Morgan fingerprint density at radius 1 is 0.971 bits per heavy atom. The third-order valence-electron chi connectivity index (χ3n) is 6.07. The molecular weight excluding hydrogens is 424 g/mol. The predicted molar refractivity (Wildman–Crippen MR) is 128 cm³/mol. The van der Waals surface area contributed by atoms with Gasteiger partial charge in [0, 0.05) is 24.1 Å². The summed E-state index contributed by atoms with van der Waals surface area (Å²) in [5.41, 5.74) is 5.76. The molecule has 166 valence electrons. The molecule has 1 aromatic heterocycles. The Hall–Kier alpha value is -4.50. The largest absolute Gasteiger partial charge is 0.354 e. The van der Waals surface area contributed by atoms with E-state index in [1.54, 1.807) is 4.68 Å². The second kappa shape index (κ2) is 9.16. The first-order valence-corrected chi connectivity index (χ1v) is 11.2. The quantitative estimate of drug-likeness (QED) is 0.301. The van der Waals surface area contributed by atoms with Gasteiger partial charge in [0.2, 0.25) is 11.7 Å². The Bertz CT molecular complexity index is 1400. The number of nitrogens with one attached hydrogen (secondary N) is 1. The second-order valence-corrected chi connectivity index (χ2v) is 8.21. The summed E-state index contributed by atoms with van der Waals surface area (Å²) >= 11 is 0. The van der Waals surface area contributed by atoms with Crippen molar-refractivity contribution in [3.63, 3.8) is 0 Å². The van der Waals surface area contributed by atoms with E-state index >= 15 is 0 Å². The number of para-hydroxylation sites is 1. The highest BCUT2D eigenvalue weighted by atomic mass is 16.2. The first-order valence-electron chi connectivity index (χ1n) is 11.2. The van der Waals surface area contributed by atoms with Crippen LogP contribution in [0.15, 0.2) is 84.9 Å². The van der Waals surface area contributed by atoms with Crippen molar-refractivity contribution < 1.29 is 9.59 Å². The number of amides is 1. The van der Waals surface area contributed by atoms with E-state index in [9.17, 15) is 14.9 Å². The molecule has 1 N–H and O–H groups in total. The minimum atomic E-state index is -1.46. The number of carbonyl (C=O) groups excluding carboxylic acids is 2. The van der Waals surface area contributed by atoms with E-state index in [4.69, 9.17) is 0 Å². The fourth-order valence-electron chi connectivity index (χ4n) is 4.39. The zero-order chi connectivity index (χ0) is 23.5. The summed E-state index contributed by atoms with van der Waals surface area (Å²) in [6.07, 6.45) is 1.15. The van der Waals surface area contributed by atoms with Gasteiger partial charge >= 0.3 is 0 Å². The first kappa shape index (κ1) is 21.4. The van der Waals surface area contributed by atoms with E-state index < -0.39 is 17.6 Å². The predicted octanol–water partition coefficient (Wildman–Crippen LogP) is 4.12. The van der Waals surface area contributed by atoms with Crippen LogP contribution in [-0.4, -0.2) is 28.0 Å². The van der Waals surface area contributed by atoms with Crippen molar-refractivity contribution in [3.8, 4) is 23.0 Å². The van der Waals surface area contributed by atoms with Gasteiger partial charge in [-0.3, -0.25) is 9.59 Å². The van der Waals surface area contributed by atoms with Crippen molar-refractivity contribution in [1.29, 1.82) is 5.26 Å².